The second-order valence-electron chi connectivity index (χ2n) is 5.53. The Labute approximate surface area is 143 Å². The number of carbonyl (C=O) groups excluding carboxylic acids is 2. The molecule has 3 aliphatic heterocycles. The predicted octanol–water partition coefficient (Wildman–Crippen LogP) is -4.23. The third-order valence-electron chi connectivity index (χ3n) is 4.16. The summed E-state index contributed by atoms with van der Waals surface area (Å²) in [6.45, 7) is 3.34. The van der Waals surface area contributed by atoms with Gasteiger partial charge >= 0.3 is 29.6 Å². The van der Waals surface area contributed by atoms with Crippen molar-refractivity contribution in [2.75, 3.05) is 0 Å². The molecule has 4 atom stereocenters. The number of rotatable bonds is 3. The molecule has 0 bridgehead atoms. The number of amides is 1. The van der Waals surface area contributed by atoms with Crippen molar-refractivity contribution < 1.29 is 54.2 Å². The molecular weight excluding hydrogens is 287 g/mol. The van der Waals surface area contributed by atoms with Crippen LogP contribution in [0.25, 0.3) is 0 Å². The molecule has 3 rings (SSSR count). The Bertz CT molecular complexity index is 557. The number of nitrogens with zero attached hydrogens (tertiary/aromatic N) is 2. The van der Waals surface area contributed by atoms with E-state index in [4.69, 9.17) is 4.84 Å². The smallest absolute Gasteiger partial charge is 0.543 e. The van der Waals surface area contributed by atoms with Crippen molar-refractivity contribution in [2.45, 2.75) is 44.9 Å². The van der Waals surface area contributed by atoms with Crippen LogP contribution in [-0.2, 0) is 14.4 Å². The molecule has 1 fully saturated rings. The molecule has 1 amide bonds. The maximum absolute atomic E-state index is 12.0. The summed E-state index contributed by atoms with van der Waals surface area (Å²) in [5.74, 6) is -2.30. The quantitative estimate of drug-likeness (QED) is 0.420. The summed E-state index contributed by atoms with van der Waals surface area (Å²) in [6.07, 6.45) is -0.345. The molecule has 0 aromatic heterocycles. The van der Waals surface area contributed by atoms with Crippen LogP contribution in [0.3, 0.4) is 0 Å². The van der Waals surface area contributed by atoms with Gasteiger partial charge in [-0.25, -0.2) is 0 Å². The molecule has 3 heterocycles. The monoisotopic (exact) mass is 302 g/mol. The van der Waals surface area contributed by atoms with E-state index in [1.807, 2.05) is 0 Å². The standard InChI is InChI=1S/C13H16N2O5.Na/c1-5-3-9(20-14-5)7-4-8-10(6(2)16)12(17)15(8)11(7)13(18)19;/h6,8-10,16H,3-4H2,1-2H3,(H,18,19);/q;+1/p-1/t6-,8-,9?,10-;/m1./s1. The molecule has 108 valence electrons. The van der Waals surface area contributed by atoms with Crippen LogP contribution in [0.2, 0.25) is 0 Å². The van der Waals surface area contributed by atoms with Gasteiger partial charge in [-0.15, -0.1) is 0 Å². The Hall–Kier alpha value is -0.890. The van der Waals surface area contributed by atoms with Crippen LogP contribution < -0.4 is 34.7 Å². The van der Waals surface area contributed by atoms with Gasteiger partial charge in [0.2, 0.25) is 5.91 Å². The average Bonchev–Trinajstić information content (AvgIpc) is 2.90. The number of aliphatic hydroxyl groups excluding tert-OH is 1. The Morgan fingerprint density at radius 2 is 2.19 bits per heavy atom. The number of carboxylic acids is 1. The molecule has 0 saturated carbocycles. The number of hydrogen-bond acceptors (Lipinski definition) is 6. The Morgan fingerprint density at radius 1 is 1.52 bits per heavy atom. The molecule has 0 aromatic carbocycles. The van der Waals surface area contributed by atoms with Crippen LogP contribution in [0.4, 0.5) is 0 Å². The van der Waals surface area contributed by atoms with Crippen molar-refractivity contribution in [3.8, 4) is 0 Å². The Morgan fingerprint density at radius 3 is 2.67 bits per heavy atom. The van der Waals surface area contributed by atoms with Crippen molar-refractivity contribution in [2.24, 2.45) is 11.1 Å². The first-order valence-electron chi connectivity index (χ1n) is 6.56. The van der Waals surface area contributed by atoms with E-state index in [2.05, 4.69) is 5.16 Å². The largest absolute Gasteiger partial charge is 1.00 e. The van der Waals surface area contributed by atoms with Gasteiger partial charge in [0.25, 0.3) is 0 Å². The van der Waals surface area contributed by atoms with Gasteiger partial charge in [0.05, 0.1) is 35.4 Å². The van der Waals surface area contributed by atoms with E-state index < -0.39 is 24.1 Å². The van der Waals surface area contributed by atoms with Crippen molar-refractivity contribution in [1.82, 2.24) is 4.90 Å². The van der Waals surface area contributed by atoms with E-state index in [-0.39, 0.29) is 47.2 Å². The normalized spacial score (nSPS) is 32.0. The number of carboxylic acid groups (broad SMARTS) is 1. The van der Waals surface area contributed by atoms with Crippen LogP contribution in [-0.4, -0.2) is 45.8 Å². The van der Waals surface area contributed by atoms with Crippen molar-refractivity contribution in [1.29, 1.82) is 0 Å². The fourth-order valence-corrected chi connectivity index (χ4v) is 3.26. The summed E-state index contributed by atoms with van der Waals surface area (Å²) in [5, 5.41) is 24.8. The molecule has 3 aliphatic rings. The summed E-state index contributed by atoms with van der Waals surface area (Å²) in [6, 6.07) is -0.310. The maximum Gasteiger partial charge on any atom is 1.00 e. The first-order valence-corrected chi connectivity index (χ1v) is 6.56. The first-order chi connectivity index (χ1) is 9.41. The minimum absolute atomic E-state index is 0. The molecule has 1 N–H and O–H groups in total. The number of hydrogen-bond donors (Lipinski definition) is 1. The Kier molecular flexibility index (Phi) is 4.49. The summed E-state index contributed by atoms with van der Waals surface area (Å²) in [7, 11) is 0. The van der Waals surface area contributed by atoms with Crippen molar-refractivity contribution in [3.05, 3.63) is 11.3 Å². The molecular formula is C13H15N2NaO5. The molecule has 7 nitrogen and oxygen atoms in total. The third-order valence-corrected chi connectivity index (χ3v) is 4.16. The number of oxime groups is 1. The third kappa shape index (κ3) is 2.42. The zero-order valence-corrected chi connectivity index (χ0v) is 14.2. The summed E-state index contributed by atoms with van der Waals surface area (Å²) >= 11 is 0. The van der Waals surface area contributed by atoms with E-state index in [0.29, 0.717) is 18.4 Å². The number of aliphatic hydroxyl groups is 1. The number of fused-ring (bicyclic) bond motifs is 1. The SMILES string of the molecule is CC1=NOC(C2=C(C(=O)[O-])N3C(=O)[C@H]([C@@H](C)O)[C@H]3C2)C1.[Na+]. The van der Waals surface area contributed by atoms with Gasteiger partial charge in [-0.1, -0.05) is 5.16 Å². The van der Waals surface area contributed by atoms with Crippen LogP contribution in [0.1, 0.15) is 26.7 Å². The first kappa shape index (κ1) is 16.5. The van der Waals surface area contributed by atoms with E-state index in [1.165, 1.54) is 11.8 Å². The molecule has 0 aliphatic carbocycles. The van der Waals surface area contributed by atoms with Gasteiger partial charge in [0.15, 0.2) is 6.10 Å². The van der Waals surface area contributed by atoms with Gasteiger partial charge in [0.1, 0.15) is 0 Å². The molecule has 21 heavy (non-hydrogen) atoms. The van der Waals surface area contributed by atoms with E-state index in [9.17, 15) is 19.8 Å². The zero-order valence-electron chi connectivity index (χ0n) is 12.2. The summed E-state index contributed by atoms with van der Waals surface area (Å²) in [4.78, 5) is 29.8. The molecule has 8 heteroatoms. The van der Waals surface area contributed by atoms with Crippen LogP contribution in [0.5, 0.6) is 0 Å². The maximum atomic E-state index is 12.0. The minimum atomic E-state index is -1.38. The zero-order chi connectivity index (χ0) is 14.6. The van der Waals surface area contributed by atoms with Crippen LogP contribution in [0.15, 0.2) is 16.4 Å². The van der Waals surface area contributed by atoms with E-state index >= 15 is 0 Å². The van der Waals surface area contributed by atoms with Gasteiger partial charge in [0, 0.05) is 12.0 Å². The van der Waals surface area contributed by atoms with Gasteiger partial charge < -0.3 is 24.7 Å². The van der Waals surface area contributed by atoms with E-state index in [1.54, 1.807) is 6.92 Å². The summed E-state index contributed by atoms with van der Waals surface area (Å²) < 4.78 is 0. The van der Waals surface area contributed by atoms with E-state index in [0.717, 1.165) is 5.71 Å². The number of carbonyl (C=O) groups is 2. The number of aliphatic carboxylic acids is 1. The molecule has 0 radical (unpaired) electrons. The van der Waals surface area contributed by atoms with Gasteiger partial charge in [-0.05, 0) is 20.3 Å². The minimum Gasteiger partial charge on any atom is -0.543 e. The second-order valence-corrected chi connectivity index (χ2v) is 5.53. The molecule has 0 spiro atoms. The fraction of sp³-hybridized carbons (Fsp3) is 0.615. The summed E-state index contributed by atoms with van der Waals surface area (Å²) in [5.41, 5.74) is 1.21. The van der Waals surface area contributed by atoms with Crippen LogP contribution in [0, 0.1) is 5.92 Å². The van der Waals surface area contributed by atoms with Crippen LogP contribution >= 0.6 is 0 Å². The predicted molar refractivity (Wildman–Crippen MR) is 65.1 cm³/mol. The van der Waals surface area contributed by atoms with Crippen molar-refractivity contribution in [3.63, 3.8) is 0 Å². The van der Waals surface area contributed by atoms with Crippen molar-refractivity contribution >= 4 is 17.6 Å². The average molecular weight is 302 g/mol. The fourth-order valence-electron chi connectivity index (χ4n) is 3.26. The molecule has 0 aromatic rings. The molecule has 1 saturated heterocycles. The topological polar surface area (TPSA) is 102 Å². The van der Waals surface area contributed by atoms with Gasteiger partial charge in [-0.2, -0.15) is 0 Å². The molecule has 1 unspecified atom stereocenters. The second kappa shape index (κ2) is 5.72. The number of β-lactam (4-membered cyclic amide) rings is 1. The van der Waals surface area contributed by atoms with Gasteiger partial charge in [-0.3, -0.25) is 4.79 Å². The Balaban J connectivity index is 0.00000161.